The summed E-state index contributed by atoms with van der Waals surface area (Å²) in [6, 6.07) is 7.99. The predicted molar refractivity (Wildman–Crippen MR) is 69.7 cm³/mol. The second-order valence-corrected chi connectivity index (χ2v) is 4.80. The maximum atomic E-state index is 12.5. The fraction of sp³-hybridized carbons (Fsp3) is 0.500. The van der Waals surface area contributed by atoms with Gasteiger partial charge in [0.05, 0.1) is 13.2 Å². The highest BCUT2D eigenvalue weighted by molar-refractivity contribution is 5.98. The zero-order valence-electron chi connectivity index (χ0n) is 10.4. The van der Waals surface area contributed by atoms with Crippen molar-refractivity contribution in [2.24, 2.45) is 0 Å². The highest BCUT2D eigenvalue weighted by atomic mass is 16.5. The van der Waals surface area contributed by atoms with Crippen molar-refractivity contribution >= 4 is 11.6 Å². The molecule has 2 aliphatic rings. The lowest BCUT2D eigenvalue weighted by Crippen LogP contribution is -2.53. The van der Waals surface area contributed by atoms with Gasteiger partial charge in [-0.3, -0.25) is 4.79 Å². The fourth-order valence-electron chi connectivity index (χ4n) is 2.67. The van der Waals surface area contributed by atoms with Crippen molar-refractivity contribution in [1.82, 2.24) is 5.32 Å². The molecule has 1 aromatic carbocycles. The summed E-state index contributed by atoms with van der Waals surface area (Å²) in [6.07, 6.45) is 2.10. The molecule has 0 spiro atoms. The average molecular weight is 246 g/mol. The van der Waals surface area contributed by atoms with Gasteiger partial charge in [-0.25, -0.2) is 0 Å². The Morgan fingerprint density at radius 3 is 3.11 bits per heavy atom. The van der Waals surface area contributed by atoms with Crippen LogP contribution >= 0.6 is 0 Å². The molecule has 2 heterocycles. The Balaban J connectivity index is 1.82. The third-order valence-corrected chi connectivity index (χ3v) is 3.60. The first-order valence-corrected chi connectivity index (χ1v) is 6.56. The fourth-order valence-corrected chi connectivity index (χ4v) is 2.67. The Hall–Kier alpha value is -1.39. The first-order chi connectivity index (χ1) is 8.86. The number of hydrogen-bond acceptors (Lipinski definition) is 3. The third kappa shape index (κ3) is 2.13. The Bertz CT molecular complexity index is 441. The van der Waals surface area contributed by atoms with E-state index in [1.54, 1.807) is 0 Å². The van der Waals surface area contributed by atoms with Crippen LogP contribution in [0, 0.1) is 0 Å². The topological polar surface area (TPSA) is 41.6 Å². The second-order valence-electron chi connectivity index (χ2n) is 4.80. The Labute approximate surface area is 107 Å². The normalized spacial score (nSPS) is 23.6. The highest BCUT2D eigenvalue weighted by Gasteiger charge is 2.29. The molecule has 96 valence electrons. The Kier molecular flexibility index (Phi) is 3.30. The van der Waals surface area contributed by atoms with Gasteiger partial charge in [-0.1, -0.05) is 18.2 Å². The molecule has 0 bridgehead atoms. The summed E-state index contributed by atoms with van der Waals surface area (Å²) in [6.45, 7) is 2.75. The van der Waals surface area contributed by atoms with E-state index in [1.165, 1.54) is 5.56 Å². The van der Waals surface area contributed by atoms with Gasteiger partial charge in [0.15, 0.2) is 0 Å². The van der Waals surface area contributed by atoms with Gasteiger partial charge in [0.2, 0.25) is 5.91 Å². The third-order valence-electron chi connectivity index (χ3n) is 3.60. The number of rotatable bonds is 1. The molecule has 0 aliphatic carbocycles. The molecule has 18 heavy (non-hydrogen) atoms. The number of amides is 1. The number of hydrogen-bond donors (Lipinski definition) is 1. The number of nitrogens with zero attached hydrogens (tertiary/aromatic N) is 1. The molecule has 1 unspecified atom stereocenters. The van der Waals surface area contributed by atoms with Crippen molar-refractivity contribution in [2.75, 3.05) is 31.2 Å². The SMILES string of the molecule is O=C(C1COCCN1)N1CCCc2ccccc21. The van der Waals surface area contributed by atoms with Crippen molar-refractivity contribution in [3.05, 3.63) is 29.8 Å². The quantitative estimate of drug-likeness (QED) is 0.802. The van der Waals surface area contributed by atoms with E-state index in [1.807, 2.05) is 23.1 Å². The number of benzene rings is 1. The summed E-state index contributed by atoms with van der Waals surface area (Å²) >= 11 is 0. The van der Waals surface area contributed by atoms with Gasteiger partial charge in [0.25, 0.3) is 0 Å². The van der Waals surface area contributed by atoms with Crippen LogP contribution in [0.5, 0.6) is 0 Å². The molecule has 1 N–H and O–H groups in total. The van der Waals surface area contributed by atoms with Crippen LogP contribution in [0.15, 0.2) is 24.3 Å². The molecular weight excluding hydrogens is 228 g/mol. The molecule has 1 atom stereocenters. The summed E-state index contributed by atoms with van der Waals surface area (Å²) in [5.74, 6) is 0.141. The highest BCUT2D eigenvalue weighted by Crippen LogP contribution is 2.27. The summed E-state index contributed by atoms with van der Waals surface area (Å²) in [4.78, 5) is 14.4. The van der Waals surface area contributed by atoms with E-state index >= 15 is 0 Å². The maximum absolute atomic E-state index is 12.5. The van der Waals surface area contributed by atoms with Crippen LogP contribution in [0.1, 0.15) is 12.0 Å². The molecule has 1 fully saturated rings. The number of carbonyl (C=O) groups is 1. The molecule has 0 radical (unpaired) electrons. The van der Waals surface area contributed by atoms with Crippen LogP contribution in [0.2, 0.25) is 0 Å². The van der Waals surface area contributed by atoms with Crippen LogP contribution < -0.4 is 10.2 Å². The zero-order chi connectivity index (χ0) is 12.4. The summed E-state index contributed by atoms with van der Waals surface area (Å²) in [5, 5.41) is 3.23. The molecule has 0 saturated carbocycles. The molecule has 4 nitrogen and oxygen atoms in total. The van der Waals surface area contributed by atoms with Gasteiger partial charge in [0.1, 0.15) is 6.04 Å². The molecule has 4 heteroatoms. The lowest BCUT2D eigenvalue weighted by atomic mass is 10.0. The first kappa shape index (κ1) is 11.7. The minimum Gasteiger partial charge on any atom is -0.378 e. The summed E-state index contributed by atoms with van der Waals surface area (Å²) < 4.78 is 5.37. The van der Waals surface area contributed by atoms with Crippen molar-refractivity contribution < 1.29 is 9.53 Å². The van der Waals surface area contributed by atoms with Crippen molar-refractivity contribution in [1.29, 1.82) is 0 Å². The van der Waals surface area contributed by atoms with E-state index in [2.05, 4.69) is 11.4 Å². The predicted octanol–water partition coefficient (Wildman–Crippen LogP) is 0.954. The van der Waals surface area contributed by atoms with Crippen molar-refractivity contribution in [3.8, 4) is 0 Å². The van der Waals surface area contributed by atoms with E-state index in [9.17, 15) is 4.79 Å². The Morgan fingerprint density at radius 1 is 1.39 bits per heavy atom. The number of nitrogens with one attached hydrogen (secondary N) is 1. The maximum Gasteiger partial charge on any atom is 0.246 e. The number of fused-ring (bicyclic) bond motifs is 1. The van der Waals surface area contributed by atoms with Gasteiger partial charge in [0, 0.05) is 18.8 Å². The smallest absolute Gasteiger partial charge is 0.246 e. The van der Waals surface area contributed by atoms with Crippen LogP contribution in [0.3, 0.4) is 0 Å². The van der Waals surface area contributed by atoms with Crippen LogP contribution in [-0.4, -0.2) is 38.3 Å². The van der Waals surface area contributed by atoms with E-state index in [-0.39, 0.29) is 11.9 Å². The van der Waals surface area contributed by atoms with E-state index in [0.717, 1.165) is 31.6 Å². The van der Waals surface area contributed by atoms with Crippen LogP contribution in [0.4, 0.5) is 5.69 Å². The van der Waals surface area contributed by atoms with E-state index < -0.39 is 0 Å². The molecule has 0 aromatic heterocycles. The lowest BCUT2D eigenvalue weighted by molar-refractivity contribution is -0.123. The minimum absolute atomic E-state index is 0.141. The molecule has 1 amide bonds. The number of carbonyl (C=O) groups excluding carboxylic acids is 1. The van der Waals surface area contributed by atoms with E-state index in [0.29, 0.717) is 13.2 Å². The van der Waals surface area contributed by atoms with Crippen LogP contribution in [0.25, 0.3) is 0 Å². The number of aryl methyl sites for hydroxylation is 1. The zero-order valence-corrected chi connectivity index (χ0v) is 10.4. The Morgan fingerprint density at radius 2 is 2.28 bits per heavy atom. The lowest BCUT2D eigenvalue weighted by Gasteiger charge is -2.33. The summed E-state index contributed by atoms with van der Waals surface area (Å²) in [5.41, 5.74) is 2.34. The average Bonchev–Trinajstić information content (AvgIpc) is 2.47. The summed E-state index contributed by atoms with van der Waals surface area (Å²) in [7, 11) is 0. The molecule has 1 aromatic rings. The first-order valence-electron chi connectivity index (χ1n) is 6.56. The number of para-hydroxylation sites is 1. The van der Waals surface area contributed by atoms with Gasteiger partial charge in [-0.05, 0) is 24.5 Å². The van der Waals surface area contributed by atoms with Gasteiger partial charge in [-0.15, -0.1) is 0 Å². The molecular formula is C14H18N2O2. The minimum atomic E-state index is -0.190. The largest absolute Gasteiger partial charge is 0.378 e. The molecule has 1 saturated heterocycles. The standard InChI is InChI=1S/C14H18N2O2/c17-14(12-10-18-9-7-15-12)16-8-3-5-11-4-1-2-6-13(11)16/h1-2,4,6,12,15H,3,5,7-10H2. The van der Waals surface area contributed by atoms with Crippen molar-refractivity contribution in [2.45, 2.75) is 18.9 Å². The van der Waals surface area contributed by atoms with Gasteiger partial charge in [-0.2, -0.15) is 0 Å². The van der Waals surface area contributed by atoms with Gasteiger partial charge < -0.3 is 15.0 Å². The molecule has 3 rings (SSSR count). The van der Waals surface area contributed by atoms with Crippen LogP contribution in [-0.2, 0) is 16.0 Å². The van der Waals surface area contributed by atoms with E-state index in [4.69, 9.17) is 4.74 Å². The second kappa shape index (κ2) is 5.08. The van der Waals surface area contributed by atoms with Gasteiger partial charge >= 0.3 is 0 Å². The van der Waals surface area contributed by atoms with Crippen molar-refractivity contribution in [3.63, 3.8) is 0 Å². The number of ether oxygens (including phenoxy) is 1. The number of morpholine rings is 1. The molecule has 2 aliphatic heterocycles. The monoisotopic (exact) mass is 246 g/mol. The number of anilines is 1.